The number of hydrogen-bond donors (Lipinski definition) is 2. The van der Waals surface area contributed by atoms with Gasteiger partial charge in [0.15, 0.2) is 0 Å². The first-order valence-corrected chi connectivity index (χ1v) is 11.9. The van der Waals surface area contributed by atoms with Crippen LogP contribution in [-0.2, 0) is 14.3 Å². The van der Waals surface area contributed by atoms with Gasteiger partial charge in [0.05, 0.1) is 5.92 Å². The molecule has 0 unspecified atom stereocenters. The van der Waals surface area contributed by atoms with E-state index in [9.17, 15) is 19.5 Å². The highest BCUT2D eigenvalue weighted by atomic mass is 16.5. The number of nitrogens with one attached hydrogen (secondary N) is 1. The summed E-state index contributed by atoms with van der Waals surface area (Å²) < 4.78 is 5.63. The van der Waals surface area contributed by atoms with E-state index in [0.717, 1.165) is 22.3 Å². The maximum atomic E-state index is 13.3. The molecule has 1 heterocycles. The molecule has 2 N–H and O–H groups in total. The fourth-order valence-electron chi connectivity index (χ4n) is 5.18. The van der Waals surface area contributed by atoms with Gasteiger partial charge in [-0.25, -0.2) is 4.79 Å². The zero-order valence-electron chi connectivity index (χ0n) is 19.9. The molecule has 0 bridgehead atoms. The lowest BCUT2D eigenvalue weighted by Crippen LogP contribution is -2.56. The van der Waals surface area contributed by atoms with E-state index >= 15 is 0 Å². The minimum atomic E-state index is -0.823. The van der Waals surface area contributed by atoms with Gasteiger partial charge in [0.2, 0.25) is 5.91 Å². The Morgan fingerprint density at radius 3 is 2.18 bits per heavy atom. The SMILES string of the molecule is CC(C)[C@@H](NC(=O)OCC1c2ccccc2-c2ccccc21)C(=O)N1CC[C@@H](C(=O)O)C[C@H]1C. The summed E-state index contributed by atoms with van der Waals surface area (Å²) in [6.45, 7) is 6.16. The molecule has 0 aromatic heterocycles. The number of likely N-dealkylation sites (tertiary alicyclic amines) is 1. The largest absolute Gasteiger partial charge is 0.481 e. The summed E-state index contributed by atoms with van der Waals surface area (Å²) in [7, 11) is 0. The van der Waals surface area contributed by atoms with Crippen molar-refractivity contribution in [2.45, 2.75) is 51.6 Å². The van der Waals surface area contributed by atoms with E-state index in [-0.39, 0.29) is 30.4 Å². The molecule has 2 amide bonds. The van der Waals surface area contributed by atoms with Gasteiger partial charge in [0, 0.05) is 18.5 Å². The van der Waals surface area contributed by atoms with Gasteiger partial charge in [-0.3, -0.25) is 9.59 Å². The van der Waals surface area contributed by atoms with Crippen LogP contribution in [0.5, 0.6) is 0 Å². The Morgan fingerprint density at radius 1 is 1.06 bits per heavy atom. The number of amides is 2. The number of nitrogens with zero attached hydrogens (tertiary/aromatic N) is 1. The third kappa shape index (κ3) is 4.65. The highest BCUT2D eigenvalue weighted by molar-refractivity contribution is 5.86. The number of alkyl carbamates (subject to hydrolysis) is 1. The van der Waals surface area contributed by atoms with E-state index < -0.39 is 24.0 Å². The second-order valence-electron chi connectivity index (χ2n) is 9.63. The Bertz CT molecular complexity index is 1040. The molecule has 2 aromatic carbocycles. The van der Waals surface area contributed by atoms with Crippen LogP contribution in [0.2, 0.25) is 0 Å². The summed E-state index contributed by atoms with van der Waals surface area (Å²) in [4.78, 5) is 39.0. The lowest BCUT2D eigenvalue weighted by molar-refractivity contribution is -0.148. The highest BCUT2D eigenvalue weighted by Crippen LogP contribution is 2.44. The molecular weight excluding hydrogens is 432 g/mol. The summed E-state index contributed by atoms with van der Waals surface area (Å²) in [6, 6.07) is 15.3. The number of aliphatic carboxylic acids is 1. The standard InChI is InChI=1S/C27H32N2O5/c1-16(2)24(25(30)29-13-12-18(26(31)32)14-17(29)3)28-27(33)34-15-23-21-10-6-4-8-19(21)20-9-5-7-11-22(20)23/h4-11,16-18,23-24H,12-15H2,1-3H3,(H,28,33)(H,31,32)/t17-,18-,24-/m1/s1. The molecule has 1 saturated heterocycles. The lowest BCUT2D eigenvalue weighted by atomic mass is 9.90. The molecule has 2 aromatic rings. The fourth-order valence-corrected chi connectivity index (χ4v) is 5.18. The van der Waals surface area contributed by atoms with Crippen LogP contribution in [0.1, 0.15) is 50.7 Å². The van der Waals surface area contributed by atoms with Crippen molar-refractivity contribution in [2.75, 3.05) is 13.2 Å². The van der Waals surface area contributed by atoms with Crippen molar-refractivity contribution in [1.29, 1.82) is 0 Å². The minimum Gasteiger partial charge on any atom is -0.481 e. The van der Waals surface area contributed by atoms with Crippen LogP contribution >= 0.6 is 0 Å². The van der Waals surface area contributed by atoms with E-state index in [0.29, 0.717) is 19.4 Å². The Kier molecular flexibility index (Phi) is 6.91. The molecular formula is C27H32N2O5. The van der Waals surface area contributed by atoms with Gasteiger partial charge in [-0.1, -0.05) is 62.4 Å². The van der Waals surface area contributed by atoms with Crippen LogP contribution in [0.25, 0.3) is 11.1 Å². The Hall–Kier alpha value is -3.35. The molecule has 7 nitrogen and oxygen atoms in total. The molecule has 3 atom stereocenters. The lowest BCUT2D eigenvalue weighted by Gasteiger charge is -2.39. The molecule has 180 valence electrons. The summed E-state index contributed by atoms with van der Waals surface area (Å²) >= 11 is 0. The van der Waals surface area contributed by atoms with Crippen molar-refractivity contribution >= 4 is 18.0 Å². The molecule has 1 fully saturated rings. The number of piperidine rings is 1. The van der Waals surface area contributed by atoms with Crippen molar-refractivity contribution in [2.24, 2.45) is 11.8 Å². The Morgan fingerprint density at radius 2 is 1.65 bits per heavy atom. The Balaban J connectivity index is 1.41. The monoisotopic (exact) mass is 464 g/mol. The van der Waals surface area contributed by atoms with E-state index in [1.807, 2.05) is 45.0 Å². The van der Waals surface area contributed by atoms with E-state index in [2.05, 4.69) is 29.6 Å². The van der Waals surface area contributed by atoms with Gasteiger partial charge in [-0.15, -0.1) is 0 Å². The quantitative estimate of drug-likeness (QED) is 0.666. The molecule has 1 aliphatic heterocycles. The van der Waals surface area contributed by atoms with Crippen molar-refractivity contribution in [3.05, 3.63) is 59.7 Å². The molecule has 0 saturated carbocycles. The van der Waals surface area contributed by atoms with Gasteiger partial charge in [-0.05, 0) is 47.9 Å². The first kappa shape index (κ1) is 23.8. The van der Waals surface area contributed by atoms with Gasteiger partial charge in [0.1, 0.15) is 12.6 Å². The van der Waals surface area contributed by atoms with Crippen molar-refractivity contribution < 1.29 is 24.2 Å². The van der Waals surface area contributed by atoms with Gasteiger partial charge < -0.3 is 20.1 Å². The summed E-state index contributed by atoms with van der Waals surface area (Å²) in [5, 5.41) is 12.1. The summed E-state index contributed by atoms with van der Waals surface area (Å²) in [5.74, 6) is -1.65. The molecule has 1 aliphatic carbocycles. The van der Waals surface area contributed by atoms with Crippen LogP contribution in [0.15, 0.2) is 48.5 Å². The minimum absolute atomic E-state index is 0.0542. The Labute approximate surface area is 200 Å². The topological polar surface area (TPSA) is 95.9 Å². The third-order valence-corrected chi connectivity index (χ3v) is 7.06. The van der Waals surface area contributed by atoms with Crippen LogP contribution in [0.3, 0.4) is 0 Å². The van der Waals surface area contributed by atoms with Crippen LogP contribution in [0, 0.1) is 11.8 Å². The number of ether oxygens (including phenoxy) is 1. The van der Waals surface area contributed by atoms with Crippen LogP contribution in [0.4, 0.5) is 4.79 Å². The van der Waals surface area contributed by atoms with Crippen LogP contribution < -0.4 is 5.32 Å². The number of carboxylic acid groups (broad SMARTS) is 1. The molecule has 34 heavy (non-hydrogen) atoms. The van der Waals surface area contributed by atoms with Gasteiger partial charge in [0.25, 0.3) is 0 Å². The number of rotatable bonds is 6. The average molecular weight is 465 g/mol. The van der Waals surface area contributed by atoms with Crippen molar-refractivity contribution in [1.82, 2.24) is 10.2 Å². The zero-order valence-corrected chi connectivity index (χ0v) is 19.9. The predicted molar refractivity (Wildman–Crippen MR) is 128 cm³/mol. The number of fused-ring (bicyclic) bond motifs is 3. The number of carboxylic acids is 1. The molecule has 7 heteroatoms. The molecule has 0 spiro atoms. The van der Waals surface area contributed by atoms with Crippen molar-refractivity contribution in [3.63, 3.8) is 0 Å². The molecule has 2 aliphatic rings. The van der Waals surface area contributed by atoms with E-state index in [1.54, 1.807) is 4.90 Å². The second-order valence-corrected chi connectivity index (χ2v) is 9.63. The number of benzene rings is 2. The van der Waals surface area contributed by atoms with Crippen molar-refractivity contribution in [3.8, 4) is 11.1 Å². The van der Waals surface area contributed by atoms with Crippen LogP contribution in [-0.4, -0.2) is 53.2 Å². The number of hydrogen-bond acceptors (Lipinski definition) is 4. The zero-order chi connectivity index (χ0) is 24.4. The first-order valence-electron chi connectivity index (χ1n) is 11.9. The number of carbonyl (C=O) groups excluding carboxylic acids is 2. The smallest absolute Gasteiger partial charge is 0.407 e. The summed E-state index contributed by atoms with van der Waals surface area (Å²) in [5.41, 5.74) is 4.56. The molecule has 4 rings (SSSR count). The number of carbonyl (C=O) groups is 3. The van der Waals surface area contributed by atoms with E-state index in [4.69, 9.17) is 4.74 Å². The second kappa shape index (κ2) is 9.87. The van der Waals surface area contributed by atoms with E-state index in [1.165, 1.54) is 0 Å². The van der Waals surface area contributed by atoms with Gasteiger partial charge in [-0.2, -0.15) is 0 Å². The average Bonchev–Trinajstić information content (AvgIpc) is 3.14. The molecule has 0 radical (unpaired) electrons. The third-order valence-electron chi connectivity index (χ3n) is 7.06. The van der Waals surface area contributed by atoms with Gasteiger partial charge >= 0.3 is 12.1 Å². The predicted octanol–water partition coefficient (Wildman–Crippen LogP) is 4.26. The normalized spacial score (nSPS) is 20.4. The first-order chi connectivity index (χ1) is 16.3. The summed E-state index contributed by atoms with van der Waals surface area (Å²) in [6.07, 6.45) is 0.208. The maximum absolute atomic E-state index is 13.3. The maximum Gasteiger partial charge on any atom is 0.407 e. The fraction of sp³-hybridized carbons (Fsp3) is 0.444. The highest BCUT2D eigenvalue weighted by Gasteiger charge is 2.37.